The Labute approximate surface area is 197 Å². The number of amides is 2. The molecule has 0 radical (unpaired) electrons. The number of likely N-dealkylation sites (N-methyl/N-ethyl adjacent to an activating group) is 1. The summed E-state index contributed by atoms with van der Waals surface area (Å²) in [5.41, 5.74) is -0.562. The molecular weight excluding hydrogens is 471 g/mol. The predicted molar refractivity (Wildman–Crippen MR) is 121 cm³/mol. The molecule has 2 aromatic heterocycles. The highest BCUT2D eigenvalue weighted by molar-refractivity contribution is 7.99. The van der Waals surface area contributed by atoms with Crippen molar-refractivity contribution in [2.75, 3.05) is 24.7 Å². The third-order valence-electron chi connectivity index (χ3n) is 4.77. The number of carbonyl (C=O) groups is 2. The zero-order valence-corrected chi connectivity index (χ0v) is 19.2. The number of halogens is 3. The number of aromatic nitrogens is 3. The van der Waals surface area contributed by atoms with Crippen LogP contribution in [0.15, 0.2) is 58.8 Å². The number of furan rings is 1. The van der Waals surface area contributed by atoms with Gasteiger partial charge in [0.1, 0.15) is 5.76 Å². The monoisotopic (exact) mass is 493 g/mol. The van der Waals surface area contributed by atoms with E-state index in [1.165, 1.54) is 19.2 Å². The van der Waals surface area contributed by atoms with E-state index < -0.39 is 30.1 Å². The number of aryl methyl sites for hydroxylation is 1. The van der Waals surface area contributed by atoms with Crippen LogP contribution in [0.3, 0.4) is 0 Å². The summed E-state index contributed by atoms with van der Waals surface area (Å²) in [6.07, 6.45) is -1.40. The zero-order valence-electron chi connectivity index (χ0n) is 18.4. The van der Waals surface area contributed by atoms with Crippen LogP contribution in [-0.4, -0.2) is 50.8 Å². The molecule has 3 aromatic rings. The number of alkyl halides is 3. The first-order valence-electron chi connectivity index (χ1n) is 10.0. The number of para-hydroxylation sites is 1. The molecule has 0 aliphatic rings. The van der Waals surface area contributed by atoms with E-state index >= 15 is 0 Å². The minimum atomic E-state index is -4.61. The van der Waals surface area contributed by atoms with E-state index in [0.29, 0.717) is 23.3 Å². The van der Waals surface area contributed by atoms with Crippen LogP contribution in [0.25, 0.3) is 11.4 Å². The third-order valence-corrected chi connectivity index (χ3v) is 5.72. The number of allylic oxidation sites excluding steroid dienone is 1. The summed E-state index contributed by atoms with van der Waals surface area (Å²) in [5.74, 6) is 0.0339. The van der Waals surface area contributed by atoms with E-state index in [1.807, 2.05) is 0 Å². The fourth-order valence-electron chi connectivity index (χ4n) is 3.07. The smallest absolute Gasteiger partial charge is 0.418 e. The Hall–Kier alpha value is -3.54. The van der Waals surface area contributed by atoms with Gasteiger partial charge >= 0.3 is 6.18 Å². The van der Waals surface area contributed by atoms with E-state index in [4.69, 9.17) is 4.42 Å². The van der Waals surface area contributed by atoms with Gasteiger partial charge in [-0.2, -0.15) is 13.2 Å². The first-order valence-corrected chi connectivity index (χ1v) is 11.0. The molecule has 0 atom stereocenters. The number of hydrogen-bond acceptors (Lipinski definition) is 6. The van der Waals surface area contributed by atoms with Crippen LogP contribution in [-0.2, 0) is 22.3 Å². The summed E-state index contributed by atoms with van der Waals surface area (Å²) in [7, 11) is 1.40. The molecule has 1 N–H and O–H groups in total. The highest BCUT2D eigenvalue weighted by Gasteiger charge is 2.33. The van der Waals surface area contributed by atoms with Crippen LogP contribution in [0.1, 0.15) is 11.3 Å². The summed E-state index contributed by atoms with van der Waals surface area (Å²) in [4.78, 5) is 25.9. The van der Waals surface area contributed by atoms with Crippen molar-refractivity contribution < 1.29 is 27.2 Å². The lowest BCUT2D eigenvalue weighted by molar-refractivity contribution is -0.137. The van der Waals surface area contributed by atoms with E-state index in [-0.39, 0.29) is 11.4 Å². The zero-order chi connectivity index (χ0) is 24.9. The normalized spacial score (nSPS) is 11.3. The second-order valence-electron chi connectivity index (χ2n) is 7.23. The lowest BCUT2D eigenvalue weighted by Crippen LogP contribution is -2.36. The molecule has 0 saturated heterocycles. The van der Waals surface area contributed by atoms with Crippen LogP contribution in [0.5, 0.6) is 0 Å². The van der Waals surface area contributed by atoms with E-state index in [0.717, 1.165) is 34.4 Å². The van der Waals surface area contributed by atoms with Crippen molar-refractivity contribution in [3.8, 4) is 11.4 Å². The van der Waals surface area contributed by atoms with Crippen LogP contribution >= 0.6 is 11.8 Å². The number of nitrogens with zero attached hydrogens (tertiary/aromatic N) is 4. The molecule has 0 fully saturated rings. The number of benzene rings is 1. The Morgan fingerprint density at radius 3 is 2.65 bits per heavy atom. The number of thioether (sulfide) groups is 1. The summed E-state index contributed by atoms with van der Waals surface area (Å²) in [6, 6.07) is 6.41. The maximum atomic E-state index is 13.1. The molecule has 0 unspecified atom stereocenters. The predicted octanol–water partition coefficient (Wildman–Crippen LogP) is 4.24. The van der Waals surface area contributed by atoms with Crippen LogP contribution in [0.4, 0.5) is 18.9 Å². The van der Waals surface area contributed by atoms with Gasteiger partial charge in [0.25, 0.3) is 0 Å². The number of nitrogens with one attached hydrogen (secondary N) is 1. The van der Waals surface area contributed by atoms with Gasteiger partial charge in [0.2, 0.25) is 11.8 Å². The average Bonchev–Trinajstić information content (AvgIpc) is 3.37. The second-order valence-corrected chi connectivity index (χ2v) is 8.17. The largest absolute Gasteiger partial charge is 0.469 e. The van der Waals surface area contributed by atoms with Gasteiger partial charge in [0, 0.05) is 13.6 Å². The van der Waals surface area contributed by atoms with Gasteiger partial charge in [-0.15, -0.1) is 16.8 Å². The maximum absolute atomic E-state index is 13.1. The molecule has 0 bridgehead atoms. The fraction of sp³-hybridized carbons (Fsp3) is 0.273. The Balaban J connectivity index is 1.62. The van der Waals surface area contributed by atoms with Crippen molar-refractivity contribution in [2.24, 2.45) is 0 Å². The standard InChI is InChI=1S/C22H22F3N5O3S/c1-4-10-30-20(15-9-11-33-14(15)2)27-28-21(30)34-13-19(32)29(3)12-18(31)26-17-8-6-5-7-16(17)22(23,24)25/h4-9,11H,1,10,12-13H2,2-3H3,(H,26,31). The number of carbonyl (C=O) groups excluding carboxylic acids is 2. The van der Waals surface area contributed by atoms with Crippen LogP contribution in [0, 0.1) is 6.92 Å². The minimum absolute atomic E-state index is 0.0530. The van der Waals surface area contributed by atoms with Gasteiger partial charge in [-0.05, 0) is 25.1 Å². The molecule has 0 saturated carbocycles. The molecule has 3 rings (SSSR count). The van der Waals surface area contributed by atoms with Gasteiger partial charge in [-0.3, -0.25) is 14.2 Å². The van der Waals surface area contributed by atoms with Crippen molar-refractivity contribution in [3.63, 3.8) is 0 Å². The van der Waals surface area contributed by atoms with Gasteiger partial charge < -0.3 is 14.6 Å². The molecule has 180 valence electrons. The molecule has 0 spiro atoms. The molecule has 0 aliphatic carbocycles. The summed E-state index contributed by atoms with van der Waals surface area (Å²) < 4.78 is 46.4. The van der Waals surface area contributed by atoms with Crippen molar-refractivity contribution in [2.45, 2.75) is 24.8 Å². The quantitative estimate of drug-likeness (QED) is 0.354. The Morgan fingerprint density at radius 2 is 2.00 bits per heavy atom. The van der Waals surface area contributed by atoms with E-state index in [1.54, 1.807) is 29.9 Å². The first kappa shape index (κ1) is 25.1. The maximum Gasteiger partial charge on any atom is 0.418 e. The lowest BCUT2D eigenvalue weighted by Gasteiger charge is -2.18. The van der Waals surface area contributed by atoms with E-state index in [2.05, 4.69) is 22.1 Å². The Morgan fingerprint density at radius 1 is 1.26 bits per heavy atom. The summed E-state index contributed by atoms with van der Waals surface area (Å²) in [6.45, 7) is 5.52. The fourth-order valence-corrected chi connectivity index (χ4v) is 3.96. The van der Waals surface area contributed by atoms with Crippen LogP contribution in [0.2, 0.25) is 0 Å². The molecule has 0 aliphatic heterocycles. The SMILES string of the molecule is C=CCn1c(SCC(=O)N(C)CC(=O)Nc2ccccc2C(F)(F)F)nnc1-c1ccoc1C. The van der Waals surface area contributed by atoms with Gasteiger partial charge in [-0.1, -0.05) is 30.0 Å². The topological polar surface area (TPSA) is 93.3 Å². The van der Waals surface area contributed by atoms with Gasteiger partial charge in [0.15, 0.2) is 11.0 Å². The molecule has 1 aromatic carbocycles. The third kappa shape index (κ3) is 5.87. The highest BCUT2D eigenvalue weighted by Crippen LogP contribution is 2.34. The van der Waals surface area contributed by atoms with Crippen molar-refractivity contribution >= 4 is 29.3 Å². The highest BCUT2D eigenvalue weighted by atomic mass is 32.2. The van der Waals surface area contributed by atoms with Crippen LogP contribution < -0.4 is 5.32 Å². The molecule has 12 heteroatoms. The Bertz CT molecular complexity index is 1190. The van der Waals surface area contributed by atoms with Crippen molar-refractivity contribution in [3.05, 3.63) is 60.6 Å². The van der Waals surface area contributed by atoms with Gasteiger partial charge in [0.05, 0.1) is 35.4 Å². The molecular formula is C22H22F3N5O3S. The minimum Gasteiger partial charge on any atom is -0.469 e. The number of hydrogen-bond donors (Lipinski definition) is 1. The molecule has 2 amide bonds. The molecule has 8 nitrogen and oxygen atoms in total. The van der Waals surface area contributed by atoms with Gasteiger partial charge in [-0.25, -0.2) is 0 Å². The van der Waals surface area contributed by atoms with E-state index in [9.17, 15) is 22.8 Å². The number of anilines is 1. The molecule has 2 heterocycles. The average molecular weight is 494 g/mol. The second kappa shape index (κ2) is 10.6. The number of rotatable bonds is 9. The van der Waals surface area contributed by atoms with Crippen molar-refractivity contribution in [1.82, 2.24) is 19.7 Å². The lowest BCUT2D eigenvalue weighted by atomic mass is 10.1. The summed E-state index contributed by atoms with van der Waals surface area (Å²) in [5, 5.41) is 11.0. The molecule has 34 heavy (non-hydrogen) atoms. The first-order chi connectivity index (χ1) is 16.1. The Kier molecular flexibility index (Phi) is 7.82. The van der Waals surface area contributed by atoms with Crippen molar-refractivity contribution in [1.29, 1.82) is 0 Å². The summed E-state index contributed by atoms with van der Waals surface area (Å²) >= 11 is 1.12.